The minimum Gasteiger partial charge on any atom is -0.467 e. The molecule has 0 radical (unpaired) electrons. The number of amides is 2. The highest BCUT2D eigenvalue weighted by Crippen LogP contribution is 2.22. The molecule has 1 aromatic carbocycles. The van der Waals surface area contributed by atoms with Gasteiger partial charge in [-0.1, -0.05) is 12.1 Å². The average molecular weight is 251 g/mol. The largest absolute Gasteiger partial charge is 0.467 e. The van der Waals surface area contributed by atoms with E-state index in [0.717, 1.165) is 7.11 Å². The molecule has 0 unspecified atom stereocenters. The fourth-order valence-corrected chi connectivity index (χ4v) is 1.77. The molecule has 18 heavy (non-hydrogen) atoms. The molecule has 1 aromatic rings. The molecule has 0 aliphatic carbocycles. The molecule has 6 heteroatoms. The van der Waals surface area contributed by atoms with Crippen molar-refractivity contribution in [1.82, 2.24) is 4.90 Å². The minimum absolute atomic E-state index is 0.222. The molecule has 0 fully saturated rings. The number of methoxy groups -OCH3 is 1. The molecule has 5 nitrogen and oxygen atoms in total. The molecule has 2 rings (SSSR count). The van der Waals surface area contributed by atoms with Crippen molar-refractivity contribution in [3.8, 4) is 0 Å². The Hall–Kier alpha value is -2.24. The predicted molar refractivity (Wildman–Crippen MR) is 58.7 cm³/mol. The SMILES string of the molecule is COC(=O)[C@H](F)CN1C(=O)c2ccccc2C1=O. The zero-order valence-corrected chi connectivity index (χ0v) is 9.55. The van der Waals surface area contributed by atoms with Crippen LogP contribution in [-0.4, -0.2) is 42.5 Å². The molecule has 2 amide bonds. The number of ether oxygens (including phenoxy) is 1. The second kappa shape index (κ2) is 4.56. The van der Waals surface area contributed by atoms with Crippen LogP contribution in [0, 0.1) is 0 Å². The van der Waals surface area contributed by atoms with Gasteiger partial charge in [-0.15, -0.1) is 0 Å². The van der Waals surface area contributed by atoms with Gasteiger partial charge in [0, 0.05) is 0 Å². The summed E-state index contributed by atoms with van der Waals surface area (Å²) in [6, 6.07) is 6.20. The van der Waals surface area contributed by atoms with Gasteiger partial charge in [0.15, 0.2) is 0 Å². The lowest BCUT2D eigenvalue weighted by atomic mass is 10.1. The number of rotatable bonds is 3. The summed E-state index contributed by atoms with van der Waals surface area (Å²) < 4.78 is 17.6. The van der Waals surface area contributed by atoms with Crippen LogP contribution in [0.1, 0.15) is 20.7 Å². The van der Waals surface area contributed by atoms with Crippen molar-refractivity contribution in [2.75, 3.05) is 13.7 Å². The summed E-state index contributed by atoms with van der Waals surface area (Å²) in [5.74, 6) is -2.30. The Morgan fingerprint density at radius 1 is 1.28 bits per heavy atom. The standard InChI is InChI=1S/C12H10FNO4/c1-18-12(17)9(13)6-14-10(15)7-4-2-3-5-8(7)11(14)16/h2-5,9H,6H2,1H3/t9-/m1/s1. The number of benzene rings is 1. The van der Waals surface area contributed by atoms with E-state index in [1.54, 1.807) is 12.1 Å². The molecule has 0 N–H and O–H groups in total. The third kappa shape index (κ3) is 1.85. The maximum Gasteiger partial charge on any atom is 0.342 e. The lowest BCUT2D eigenvalue weighted by molar-refractivity contribution is -0.146. The number of halogens is 1. The molecule has 1 heterocycles. The first-order chi connectivity index (χ1) is 8.56. The monoisotopic (exact) mass is 251 g/mol. The lowest BCUT2D eigenvalue weighted by Crippen LogP contribution is -2.38. The van der Waals surface area contributed by atoms with E-state index in [9.17, 15) is 18.8 Å². The Morgan fingerprint density at radius 2 is 1.78 bits per heavy atom. The summed E-state index contributed by atoms with van der Waals surface area (Å²) in [4.78, 5) is 35.3. The van der Waals surface area contributed by atoms with Gasteiger partial charge in [0.2, 0.25) is 6.17 Å². The van der Waals surface area contributed by atoms with Crippen LogP contribution < -0.4 is 0 Å². The van der Waals surface area contributed by atoms with Gasteiger partial charge in [0.25, 0.3) is 11.8 Å². The zero-order valence-electron chi connectivity index (χ0n) is 9.55. The molecule has 1 aliphatic rings. The van der Waals surface area contributed by atoms with E-state index < -0.39 is 30.5 Å². The van der Waals surface area contributed by atoms with Gasteiger partial charge < -0.3 is 4.74 Å². The van der Waals surface area contributed by atoms with Gasteiger partial charge in [0.05, 0.1) is 24.8 Å². The summed E-state index contributed by atoms with van der Waals surface area (Å²) >= 11 is 0. The Morgan fingerprint density at radius 3 is 2.22 bits per heavy atom. The summed E-state index contributed by atoms with van der Waals surface area (Å²) in [5, 5.41) is 0. The summed E-state index contributed by atoms with van der Waals surface area (Å²) in [6.07, 6.45) is -2.03. The summed E-state index contributed by atoms with van der Waals surface area (Å²) in [6.45, 7) is -0.626. The number of esters is 1. The fourth-order valence-electron chi connectivity index (χ4n) is 1.77. The van der Waals surface area contributed by atoms with Crippen LogP contribution in [0.3, 0.4) is 0 Å². The molecular weight excluding hydrogens is 241 g/mol. The van der Waals surface area contributed by atoms with E-state index in [1.807, 2.05) is 0 Å². The second-order valence-electron chi connectivity index (χ2n) is 3.76. The van der Waals surface area contributed by atoms with E-state index in [0.29, 0.717) is 4.90 Å². The minimum atomic E-state index is -2.03. The zero-order chi connectivity index (χ0) is 13.3. The number of alkyl halides is 1. The van der Waals surface area contributed by atoms with Gasteiger partial charge >= 0.3 is 5.97 Å². The van der Waals surface area contributed by atoms with Crippen LogP contribution in [0.4, 0.5) is 4.39 Å². The molecular formula is C12H10FNO4. The number of carbonyl (C=O) groups is 3. The topological polar surface area (TPSA) is 63.7 Å². The molecule has 94 valence electrons. The second-order valence-corrected chi connectivity index (χ2v) is 3.76. The third-order valence-corrected chi connectivity index (χ3v) is 2.68. The highest BCUT2D eigenvalue weighted by Gasteiger charge is 2.37. The van der Waals surface area contributed by atoms with Crippen molar-refractivity contribution in [1.29, 1.82) is 0 Å². The van der Waals surface area contributed by atoms with Gasteiger partial charge in [0.1, 0.15) is 0 Å². The Bertz CT molecular complexity index is 494. The molecule has 0 aromatic heterocycles. The van der Waals surface area contributed by atoms with Crippen molar-refractivity contribution in [2.24, 2.45) is 0 Å². The van der Waals surface area contributed by atoms with Crippen molar-refractivity contribution in [2.45, 2.75) is 6.17 Å². The summed E-state index contributed by atoms with van der Waals surface area (Å²) in [7, 11) is 1.04. The predicted octanol–water partition coefficient (Wildman–Crippen LogP) is 0.794. The first-order valence-electron chi connectivity index (χ1n) is 5.23. The van der Waals surface area contributed by atoms with Crippen LogP contribution in [0.5, 0.6) is 0 Å². The molecule has 0 spiro atoms. The van der Waals surface area contributed by atoms with E-state index in [-0.39, 0.29) is 11.1 Å². The smallest absolute Gasteiger partial charge is 0.342 e. The van der Waals surface area contributed by atoms with E-state index in [4.69, 9.17) is 0 Å². The number of imide groups is 1. The van der Waals surface area contributed by atoms with Crippen molar-refractivity contribution in [3.63, 3.8) is 0 Å². The third-order valence-electron chi connectivity index (χ3n) is 2.68. The number of fused-ring (bicyclic) bond motifs is 1. The number of nitrogens with zero attached hydrogens (tertiary/aromatic N) is 1. The van der Waals surface area contributed by atoms with Crippen LogP contribution in [-0.2, 0) is 9.53 Å². The maximum atomic E-state index is 13.4. The molecule has 1 atom stereocenters. The van der Waals surface area contributed by atoms with E-state index in [2.05, 4.69) is 4.74 Å². The van der Waals surface area contributed by atoms with E-state index >= 15 is 0 Å². The number of hydrogen-bond acceptors (Lipinski definition) is 4. The average Bonchev–Trinajstić information content (AvgIpc) is 2.63. The van der Waals surface area contributed by atoms with Crippen molar-refractivity contribution < 1.29 is 23.5 Å². The van der Waals surface area contributed by atoms with Crippen LogP contribution in [0.15, 0.2) is 24.3 Å². The number of hydrogen-bond donors (Lipinski definition) is 0. The van der Waals surface area contributed by atoms with E-state index in [1.165, 1.54) is 12.1 Å². The first-order valence-corrected chi connectivity index (χ1v) is 5.23. The van der Waals surface area contributed by atoms with Crippen molar-refractivity contribution in [3.05, 3.63) is 35.4 Å². The first kappa shape index (κ1) is 12.2. The fraction of sp³-hybridized carbons (Fsp3) is 0.250. The Labute approximate surface area is 102 Å². The Balaban J connectivity index is 2.21. The molecule has 0 bridgehead atoms. The van der Waals surface area contributed by atoms with Gasteiger partial charge in [-0.25, -0.2) is 9.18 Å². The molecule has 0 saturated carbocycles. The van der Waals surface area contributed by atoms with Crippen LogP contribution in [0.2, 0.25) is 0 Å². The van der Waals surface area contributed by atoms with Gasteiger partial charge in [-0.05, 0) is 12.1 Å². The quantitative estimate of drug-likeness (QED) is 0.588. The highest BCUT2D eigenvalue weighted by atomic mass is 19.1. The van der Waals surface area contributed by atoms with Crippen LogP contribution in [0.25, 0.3) is 0 Å². The number of carbonyl (C=O) groups excluding carboxylic acids is 3. The normalized spacial score (nSPS) is 15.6. The van der Waals surface area contributed by atoms with Crippen LogP contribution >= 0.6 is 0 Å². The van der Waals surface area contributed by atoms with Gasteiger partial charge in [-0.2, -0.15) is 0 Å². The molecule has 1 aliphatic heterocycles. The van der Waals surface area contributed by atoms with Crippen molar-refractivity contribution >= 4 is 17.8 Å². The Kier molecular flexibility index (Phi) is 3.10. The van der Waals surface area contributed by atoms with Gasteiger partial charge in [-0.3, -0.25) is 14.5 Å². The maximum absolute atomic E-state index is 13.4. The summed E-state index contributed by atoms with van der Waals surface area (Å²) in [5.41, 5.74) is 0.444. The highest BCUT2D eigenvalue weighted by molar-refractivity contribution is 6.21. The lowest BCUT2D eigenvalue weighted by Gasteiger charge is -2.15. The molecule has 0 saturated heterocycles.